The Hall–Kier alpha value is -2.86. The molecular formula is C20H24N4O2. The van der Waals surface area contributed by atoms with Crippen molar-refractivity contribution < 1.29 is 9.53 Å². The molecule has 0 fully saturated rings. The van der Waals surface area contributed by atoms with Gasteiger partial charge in [0.1, 0.15) is 24.7 Å². The zero-order valence-electron chi connectivity index (χ0n) is 14.9. The zero-order valence-corrected chi connectivity index (χ0v) is 14.9. The van der Waals surface area contributed by atoms with Crippen molar-refractivity contribution in [1.82, 2.24) is 14.9 Å². The number of aromatic nitrogens is 2. The highest BCUT2D eigenvalue weighted by Crippen LogP contribution is 2.18. The van der Waals surface area contributed by atoms with Gasteiger partial charge in [-0.2, -0.15) is 0 Å². The fourth-order valence-corrected chi connectivity index (χ4v) is 2.72. The van der Waals surface area contributed by atoms with Gasteiger partial charge in [-0.15, -0.1) is 0 Å². The first kappa shape index (κ1) is 17.9. The number of nitrogens with one attached hydrogen (secondary N) is 1. The summed E-state index contributed by atoms with van der Waals surface area (Å²) in [4.78, 5) is 16.9. The largest absolute Gasteiger partial charge is 0.486 e. The first-order chi connectivity index (χ1) is 12.6. The minimum atomic E-state index is -0.0604. The van der Waals surface area contributed by atoms with Crippen LogP contribution in [0.5, 0.6) is 5.75 Å². The average Bonchev–Trinajstić information content (AvgIpc) is 2.98. The van der Waals surface area contributed by atoms with Crippen molar-refractivity contribution in [2.24, 2.45) is 5.73 Å². The number of carbonyl (C=O) groups is 1. The van der Waals surface area contributed by atoms with Crippen molar-refractivity contribution in [3.8, 4) is 5.75 Å². The lowest BCUT2D eigenvalue weighted by molar-refractivity contribution is -0.121. The highest BCUT2D eigenvalue weighted by Gasteiger charge is 2.14. The van der Waals surface area contributed by atoms with Crippen LogP contribution in [0.2, 0.25) is 0 Å². The van der Waals surface area contributed by atoms with Crippen molar-refractivity contribution in [2.45, 2.75) is 32.5 Å². The SMILES string of the molecule is CC(N)CCNC(=O)Cn1c(COc2ccccc2)nc2ccccc21. The minimum absolute atomic E-state index is 0.0604. The maximum Gasteiger partial charge on any atom is 0.240 e. The van der Waals surface area contributed by atoms with Crippen molar-refractivity contribution in [3.05, 3.63) is 60.4 Å². The molecule has 0 spiro atoms. The fourth-order valence-electron chi connectivity index (χ4n) is 2.72. The summed E-state index contributed by atoms with van der Waals surface area (Å²) < 4.78 is 7.73. The summed E-state index contributed by atoms with van der Waals surface area (Å²) in [5, 5.41) is 2.91. The quantitative estimate of drug-likeness (QED) is 0.652. The molecule has 3 aromatic rings. The third-order valence-corrected chi connectivity index (χ3v) is 4.07. The molecule has 0 bridgehead atoms. The van der Waals surface area contributed by atoms with E-state index < -0.39 is 0 Å². The van der Waals surface area contributed by atoms with Gasteiger partial charge in [0, 0.05) is 12.6 Å². The van der Waals surface area contributed by atoms with E-state index in [1.165, 1.54) is 0 Å². The van der Waals surface area contributed by atoms with Gasteiger partial charge in [0.15, 0.2) is 0 Å². The van der Waals surface area contributed by atoms with Crippen LogP contribution in [-0.4, -0.2) is 28.0 Å². The van der Waals surface area contributed by atoms with Crippen LogP contribution >= 0.6 is 0 Å². The highest BCUT2D eigenvalue weighted by molar-refractivity contribution is 5.81. The van der Waals surface area contributed by atoms with E-state index in [2.05, 4.69) is 10.3 Å². The topological polar surface area (TPSA) is 82.2 Å². The smallest absolute Gasteiger partial charge is 0.240 e. The Kier molecular flexibility index (Phi) is 5.86. The predicted octanol–water partition coefficient (Wildman–Crippen LogP) is 2.47. The summed E-state index contributed by atoms with van der Waals surface area (Å²) in [5.41, 5.74) is 7.49. The van der Waals surface area contributed by atoms with Crippen LogP contribution in [0.15, 0.2) is 54.6 Å². The fraction of sp³-hybridized carbons (Fsp3) is 0.300. The molecule has 2 aromatic carbocycles. The molecule has 1 aromatic heterocycles. The maximum atomic E-state index is 12.3. The minimum Gasteiger partial charge on any atom is -0.486 e. The number of carbonyl (C=O) groups excluding carboxylic acids is 1. The van der Waals surface area contributed by atoms with E-state index in [4.69, 9.17) is 10.5 Å². The number of benzene rings is 2. The van der Waals surface area contributed by atoms with Gasteiger partial charge in [0.25, 0.3) is 0 Å². The summed E-state index contributed by atoms with van der Waals surface area (Å²) in [6, 6.07) is 17.4. The van der Waals surface area contributed by atoms with Crippen molar-refractivity contribution in [2.75, 3.05) is 6.54 Å². The first-order valence-corrected chi connectivity index (χ1v) is 8.78. The van der Waals surface area contributed by atoms with Crippen LogP contribution in [0.3, 0.4) is 0 Å². The predicted molar refractivity (Wildman–Crippen MR) is 102 cm³/mol. The molecule has 0 saturated carbocycles. The monoisotopic (exact) mass is 352 g/mol. The van der Waals surface area contributed by atoms with Crippen molar-refractivity contribution in [3.63, 3.8) is 0 Å². The third-order valence-electron chi connectivity index (χ3n) is 4.07. The number of para-hydroxylation sites is 3. The molecule has 0 aliphatic carbocycles. The Morgan fingerprint density at radius 1 is 1.19 bits per heavy atom. The van der Waals surface area contributed by atoms with Crippen LogP contribution in [0, 0.1) is 0 Å². The number of nitrogens with zero attached hydrogens (tertiary/aromatic N) is 2. The summed E-state index contributed by atoms with van der Waals surface area (Å²) in [5.74, 6) is 1.43. The number of imidazole rings is 1. The van der Waals surface area contributed by atoms with E-state index >= 15 is 0 Å². The van der Waals surface area contributed by atoms with Gasteiger partial charge in [-0.1, -0.05) is 30.3 Å². The second-order valence-corrected chi connectivity index (χ2v) is 6.32. The second kappa shape index (κ2) is 8.49. The van der Waals surface area contributed by atoms with Crippen LogP contribution in [0.25, 0.3) is 11.0 Å². The molecule has 6 nitrogen and oxygen atoms in total. The van der Waals surface area contributed by atoms with E-state index in [9.17, 15) is 4.79 Å². The van der Waals surface area contributed by atoms with Crippen LogP contribution in [0.1, 0.15) is 19.2 Å². The van der Waals surface area contributed by atoms with E-state index in [1.807, 2.05) is 66.1 Å². The third kappa shape index (κ3) is 4.61. The Morgan fingerprint density at radius 2 is 1.92 bits per heavy atom. The van der Waals surface area contributed by atoms with Gasteiger partial charge < -0.3 is 20.4 Å². The Bertz CT molecular complexity index is 859. The van der Waals surface area contributed by atoms with Gasteiger partial charge in [-0.05, 0) is 37.6 Å². The standard InChI is InChI=1S/C20H24N4O2/c1-15(21)11-12-22-20(25)13-24-18-10-6-5-9-17(18)23-19(24)14-26-16-7-3-2-4-8-16/h2-10,15H,11-14,21H2,1H3,(H,22,25). The number of hydrogen-bond donors (Lipinski definition) is 2. The first-order valence-electron chi connectivity index (χ1n) is 8.78. The van der Waals surface area contributed by atoms with Crippen LogP contribution in [-0.2, 0) is 17.9 Å². The Balaban J connectivity index is 1.75. The lowest BCUT2D eigenvalue weighted by Crippen LogP contribution is -2.32. The van der Waals surface area contributed by atoms with E-state index in [0.29, 0.717) is 13.2 Å². The van der Waals surface area contributed by atoms with Gasteiger partial charge in [0.05, 0.1) is 11.0 Å². The lowest BCUT2D eigenvalue weighted by Gasteiger charge is -2.11. The second-order valence-electron chi connectivity index (χ2n) is 6.32. The molecular weight excluding hydrogens is 328 g/mol. The molecule has 0 aliphatic heterocycles. The van der Waals surface area contributed by atoms with Gasteiger partial charge in [-0.3, -0.25) is 4.79 Å². The normalized spacial score (nSPS) is 12.1. The number of fused-ring (bicyclic) bond motifs is 1. The number of amides is 1. The van der Waals surface area contributed by atoms with E-state index in [1.54, 1.807) is 0 Å². The summed E-state index contributed by atoms with van der Waals surface area (Å²) in [7, 11) is 0. The van der Waals surface area contributed by atoms with Gasteiger partial charge in [-0.25, -0.2) is 4.98 Å². The molecule has 0 aliphatic rings. The lowest BCUT2D eigenvalue weighted by atomic mass is 10.2. The van der Waals surface area contributed by atoms with Crippen molar-refractivity contribution >= 4 is 16.9 Å². The molecule has 6 heteroatoms. The van der Waals surface area contributed by atoms with Gasteiger partial charge >= 0.3 is 0 Å². The van der Waals surface area contributed by atoms with E-state index in [-0.39, 0.29) is 18.5 Å². The average molecular weight is 352 g/mol. The highest BCUT2D eigenvalue weighted by atomic mass is 16.5. The number of ether oxygens (including phenoxy) is 1. The van der Waals surface area contributed by atoms with E-state index in [0.717, 1.165) is 29.0 Å². The molecule has 0 radical (unpaired) electrons. The molecule has 136 valence electrons. The molecule has 1 amide bonds. The number of rotatable bonds is 8. The molecule has 1 heterocycles. The molecule has 0 saturated heterocycles. The summed E-state index contributed by atoms with van der Waals surface area (Å²) in [6.45, 7) is 2.99. The summed E-state index contributed by atoms with van der Waals surface area (Å²) >= 11 is 0. The number of nitrogens with two attached hydrogens (primary N) is 1. The Morgan fingerprint density at radius 3 is 2.69 bits per heavy atom. The van der Waals surface area contributed by atoms with Gasteiger partial charge in [0.2, 0.25) is 5.91 Å². The zero-order chi connectivity index (χ0) is 18.4. The molecule has 1 atom stereocenters. The molecule has 26 heavy (non-hydrogen) atoms. The molecule has 3 rings (SSSR count). The van der Waals surface area contributed by atoms with Crippen molar-refractivity contribution in [1.29, 1.82) is 0 Å². The maximum absolute atomic E-state index is 12.3. The Labute approximate surface area is 153 Å². The molecule has 1 unspecified atom stereocenters. The summed E-state index contributed by atoms with van der Waals surface area (Å²) in [6.07, 6.45) is 0.750. The van der Waals surface area contributed by atoms with Crippen LogP contribution < -0.4 is 15.8 Å². The molecule has 3 N–H and O–H groups in total. The van der Waals surface area contributed by atoms with Crippen LogP contribution in [0.4, 0.5) is 0 Å². The number of hydrogen-bond acceptors (Lipinski definition) is 4.